The second-order valence-electron chi connectivity index (χ2n) is 6.26. The van der Waals surface area contributed by atoms with E-state index in [1.807, 2.05) is 5.38 Å². The summed E-state index contributed by atoms with van der Waals surface area (Å²) in [6.07, 6.45) is 2.36. The van der Waals surface area contributed by atoms with Crippen molar-refractivity contribution in [3.63, 3.8) is 0 Å². The minimum Gasteiger partial charge on any atom is -0.297 e. The van der Waals surface area contributed by atoms with E-state index in [-0.39, 0.29) is 5.91 Å². The summed E-state index contributed by atoms with van der Waals surface area (Å²) in [5.74, 6) is 6.21. The Bertz CT molecular complexity index is 419. The van der Waals surface area contributed by atoms with Crippen molar-refractivity contribution >= 4 is 17.2 Å². The van der Waals surface area contributed by atoms with Gasteiger partial charge in [-0.3, -0.25) is 15.1 Å². The molecule has 0 atom stereocenters. The van der Waals surface area contributed by atoms with Crippen LogP contribution in [0.25, 0.3) is 0 Å². The van der Waals surface area contributed by atoms with Crippen molar-refractivity contribution in [2.45, 2.75) is 47.1 Å². The maximum atomic E-state index is 11.4. The molecule has 0 aromatic carbocycles. The van der Waals surface area contributed by atoms with Crippen LogP contribution in [0.15, 0.2) is 5.38 Å². The number of aromatic nitrogens is 1. The van der Waals surface area contributed by atoms with Crippen LogP contribution in [0, 0.1) is 11.8 Å². The number of carbonyl (C=O) groups is 1. The molecule has 0 saturated heterocycles. The van der Waals surface area contributed by atoms with Gasteiger partial charge in [-0.15, -0.1) is 11.3 Å². The first-order valence-electron chi connectivity index (χ1n) is 7.60. The number of nitrogens with one attached hydrogen (secondary N) is 1. The lowest BCUT2D eigenvalue weighted by molar-refractivity contribution is 0.0953. The van der Waals surface area contributed by atoms with Gasteiger partial charge in [0.15, 0.2) is 5.01 Å². The van der Waals surface area contributed by atoms with Crippen LogP contribution in [0.2, 0.25) is 0 Å². The lowest BCUT2D eigenvalue weighted by Gasteiger charge is -2.23. The van der Waals surface area contributed by atoms with Gasteiger partial charge in [-0.1, -0.05) is 27.7 Å². The van der Waals surface area contributed by atoms with Crippen molar-refractivity contribution in [2.24, 2.45) is 17.7 Å². The number of carbonyl (C=O) groups excluding carboxylic acids is 1. The van der Waals surface area contributed by atoms with Gasteiger partial charge in [0.1, 0.15) is 0 Å². The number of nitrogen functional groups attached to an aromatic ring is 1. The summed E-state index contributed by atoms with van der Waals surface area (Å²) < 4.78 is 0. The maximum absolute atomic E-state index is 11.4. The summed E-state index contributed by atoms with van der Waals surface area (Å²) in [4.78, 5) is 18.2. The molecule has 0 radical (unpaired) electrons. The number of amides is 1. The zero-order chi connectivity index (χ0) is 15.8. The van der Waals surface area contributed by atoms with Crippen LogP contribution < -0.4 is 11.3 Å². The number of thiazole rings is 1. The Morgan fingerprint density at radius 3 is 2.33 bits per heavy atom. The standard InChI is InChI=1S/C15H28N4OS/c1-11(2)5-7-19(8-6-12(3)4)9-13-10-21-15(17-13)14(20)18-16/h10-12H,5-9,16H2,1-4H3,(H,18,20). The molecular formula is C15H28N4OS. The van der Waals surface area contributed by atoms with E-state index in [0.717, 1.165) is 25.3 Å². The summed E-state index contributed by atoms with van der Waals surface area (Å²) in [5, 5.41) is 2.38. The first kappa shape index (κ1) is 18.1. The van der Waals surface area contributed by atoms with Crippen molar-refractivity contribution in [1.82, 2.24) is 15.3 Å². The molecular weight excluding hydrogens is 284 g/mol. The third-order valence-corrected chi connectivity index (χ3v) is 4.20. The number of hydrogen-bond acceptors (Lipinski definition) is 5. The summed E-state index contributed by atoms with van der Waals surface area (Å²) in [6.45, 7) is 11.9. The quantitative estimate of drug-likeness (QED) is 0.418. The summed E-state index contributed by atoms with van der Waals surface area (Å²) in [7, 11) is 0. The molecule has 120 valence electrons. The van der Waals surface area contributed by atoms with Gasteiger partial charge in [-0.2, -0.15) is 0 Å². The fraction of sp³-hybridized carbons (Fsp3) is 0.733. The molecule has 0 bridgehead atoms. The predicted octanol–water partition coefficient (Wildman–Crippen LogP) is 2.64. The zero-order valence-corrected chi connectivity index (χ0v) is 14.4. The minimum atomic E-state index is -0.317. The summed E-state index contributed by atoms with van der Waals surface area (Å²) >= 11 is 1.34. The second-order valence-corrected chi connectivity index (χ2v) is 7.12. The molecule has 0 aliphatic rings. The first-order chi connectivity index (χ1) is 9.92. The third kappa shape index (κ3) is 7.02. The lowest BCUT2D eigenvalue weighted by Crippen LogP contribution is -2.30. The molecule has 1 rings (SSSR count). The lowest BCUT2D eigenvalue weighted by atomic mass is 10.1. The van der Waals surface area contributed by atoms with Crippen LogP contribution in [-0.4, -0.2) is 28.9 Å². The highest BCUT2D eigenvalue weighted by molar-refractivity contribution is 7.11. The van der Waals surface area contributed by atoms with Gasteiger partial charge in [0, 0.05) is 11.9 Å². The minimum absolute atomic E-state index is 0.317. The molecule has 3 N–H and O–H groups in total. The van der Waals surface area contributed by atoms with Gasteiger partial charge in [0.05, 0.1) is 5.69 Å². The molecule has 1 aromatic heterocycles. The Morgan fingerprint density at radius 1 is 1.29 bits per heavy atom. The molecule has 21 heavy (non-hydrogen) atoms. The van der Waals surface area contributed by atoms with E-state index in [0.29, 0.717) is 16.8 Å². The van der Waals surface area contributed by atoms with Crippen molar-refractivity contribution in [3.8, 4) is 0 Å². The van der Waals surface area contributed by atoms with E-state index < -0.39 is 0 Å². The number of rotatable bonds is 9. The van der Waals surface area contributed by atoms with Gasteiger partial charge in [0.25, 0.3) is 5.91 Å². The molecule has 1 aromatic rings. The molecule has 0 saturated carbocycles. The molecule has 0 fully saturated rings. The summed E-state index contributed by atoms with van der Waals surface area (Å²) in [5.41, 5.74) is 3.07. The zero-order valence-electron chi connectivity index (χ0n) is 13.6. The molecule has 1 amide bonds. The van der Waals surface area contributed by atoms with Crippen molar-refractivity contribution in [2.75, 3.05) is 13.1 Å². The van der Waals surface area contributed by atoms with E-state index in [9.17, 15) is 4.79 Å². The van der Waals surface area contributed by atoms with Gasteiger partial charge in [-0.25, -0.2) is 10.8 Å². The smallest absolute Gasteiger partial charge is 0.294 e. The van der Waals surface area contributed by atoms with Crippen LogP contribution >= 0.6 is 11.3 Å². The highest BCUT2D eigenvalue weighted by atomic mass is 32.1. The van der Waals surface area contributed by atoms with Crippen molar-refractivity contribution in [3.05, 3.63) is 16.1 Å². The van der Waals surface area contributed by atoms with E-state index in [1.165, 1.54) is 24.2 Å². The largest absolute Gasteiger partial charge is 0.297 e. The number of hydrazine groups is 1. The Morgan fingerprint density at radius 2 is 1.86 bits per heavy atom. The number of nitrogens with zero attached hydrogens (tertiary/aromatic N) is 2. The van der Waals surface area contributed by atoms with E-state index in [2.05, 4.69) is 43.0 Å². The molecule has 5 nitrogen and oxygen atoms in total. The highest BCUT2D eigenvalue weighted by Gasteiger charge is 2.13. The van der Waals surface area contributed by atoms with Crippen molar-refractivity contribution in [1.29, 1.82) is 0 Å². The molecule has 1 heterocycles. The molecule has 0 spiro atoms. The molecule has 0 aliphatic heterocycles. The van der Waals surface area contributed by atoms with Crippen LogP contribution in [0.4, 0.5) is 0 Å². The summed E-state index contributed by atoms with van der Waals surface area (Å²) in [6, 6.07) is 0. The van der Waals surface area contributed by atoms with E-state index >= 15 is 0 Å². The normalized spacial score (nSPS) is 11.6. The number of nitrogens with two attached hydrogens (primary N) is 1. The topological polar surface area (TPSA) is 71.2 Å². The van der Waals surface area contributed by atoms with Crippen LogP contribution in [0.1, 0.15) is 56.0 Å². The predicted molar refractivity (Wildman–Crippen MR) is 88.0 cm³/mol. The maximum Gasteiger partial charge on any atom is 0.294 e. The Balaban J connectivity index is 2.61. The Kier molecular flexibility index (Phi) is 7.85. The monoisotopic (exact) mass is 312 g/mol. The molecule has 6 heteroatoms. The van der Waals surface area contributed by atoms with Gasteiger partial charge >= 0.3 is 0 Å². The molecule has 0 aliphatic carbocycles. The SMILES string of the molecule is CC(C)CCN(CCC(C)C)Cc1csc(C(=O)NN)n1. The average molecular weight is 312 g/mol. The first-order valence-corrected chi connectivity index (χ1v) is 8.48. The second kappa shape index (κ2) is 9.12. The Labute approximate surface area is 131 Å². The van der Waals surface area contributed by atoms with E-state index in [4.69, 9.17) is 5.84 Å². The van der Waals surface area contributed by atoms with Crippen LogP contribution in [0.3, 0.4) is 0 Å². The van der Waals surface area contributed by atoms with Crippen molar-refractivity contribution < 1.29 is 4.79 Å². The van der Waals surface area contributed by atoms with E-state index in [1.54, 1.807) is 0 Å². The molecule has 0 unspecified atom stereocenters. The fourth-order valence-corrected chi connectivity index (χ4v) is 2.64. The average Bonchev–Trinajstić information content (AvgIpc) is 2.89. The highest BCUT2D eigenvalue weighted by Crippen LogP contribution is 2.14. The third-order valence-electron chi connectivity index (χ3n) is 3.31. The number of hydrogen-bond donors (Lipinski definition) is 2. The van der Waals surface area contributed by atoms with Gasteiger partial charge in [-0.05, 0) is 37.8 Å². The Hall–Kier alpha value is -0.980. The van der Waals surface area contributed by atoms with Gasteiger partial charge in [0.2, 0.25) is 0 Å². The fourth-order valence-electron chi connectivity index (χ4n) is 1.93. The van der Waals surface area contributed by atoms with Crippen LogP contribution in [-0.2, 0) is 6.54 Å². The van der Waals surface area contributed by atoms with Gasteiger partial charge < -0.3 is 0 Å². The van der Waals surface area contributed by atoms with Crippen LogP contribution in [0.5, 0.6) is 0 Å².